The standard InChI is InChI=1S/C32H37BF3NO8/c1-30(2)21-16-23(30)31(3)24(17-21)44-33(45-31)25(37-26(38)13-14-32(34,35)36)15-20-11-8-12-22(27(20)41-4)29(40)43-18-42-28(39)19-9-6-5-7-10-19/h5-12,21,23-25H,13-18H2,1-4H3,(H,37,38). The zero-order chi connectivity index (χ0) is 32.6. The minimum absolute atomic E-state index is 0.0238. The van der Waals surface area contributed by atoms with E-state index in [1.54, 1.807) is 42.5 Å². The second-order valence-corrected chi connectivity index (χ2v) is 12.7. The fourth-order valence-corrected chi connectivity index (χ4v) is 7.08. The summed E-state index contributed by atoms with van der Waals surface area (Å²) in [5.41, 5.74) is 0.227. The number of esters is 2. The third kappa shape index (κ3) is 6.84. The Hall–Kier alpha value is -3.58. The maximum absolute atomic E-state index is 13.0. The molecule has 6 rings (SSSR count). The van der Waals surface area contributed by atoms with Gasteiger partial charge in [0.15, 0.2) is 0 Å². The number of carbonyl (C=O) groups excluding carboxylic acids is 3. The molecule has 242 valence electrons. The fourth-order valence-electron chi connectivity index (χ4n) is 7.08. The number of rotatable bonds is 11. The van der Waals surface area contributed by atoms with E-state index in [1.807, 2.05) is 6.92 Å². The van der Waals surface area contributed by atoms with Crippen molar-refractivity contribution in [3.8, 4) is 5.75 Å². The number of methoxy groups -OCH3 is 1. The number of alkyl halides is 3. The second kappa shape index (κ2) is 12.7. The zero-order valence-electron chi connectivity index (χ0n) is 25.6. The number of carbonyl (C=O) groups is 3. The summed E-state index contributed by atoms with van der Waals surface area (Å²) in [7, 11) is 0.415. The molecule has 0 aromatic heterocycles. The maximum Gasteiger partial charge on any atom is 0.482 e. The van der Waals surface area contributed by atoms with Gasteiger partial charge >= 0.3 is 25.2 Å². The molecule has 2 aromatic carbocycles. The van der Waals surface area contributed by atoms with E-state index in [9.17, 15) is 27.6 Å². The lowest BCUT2D eigenvalue weighted by molar-refractivity contribution is -0.199. The van der Waals surface area contributed by atoms with Crippen molar-refractivity contribution in [2.75, 3.05) is 13.9 Å². The van der Waals surface area contributed by atoms with Crippen LogP contribution in [0.3, 0.4) is 0 Å². The molecule has 5 atom stereocenters. The summed E-state index contributed by atoms with van der Waals surface area (Å²) in [5, 5.41) is 2.70. The molecule has 9 nitrogen and oxygen atoms in total. The number of nitrogens with one attached hydrogen (secondary N) is 1. The highest BCUT2D eigenvalue weighted by Gasteiger charge is 2.68. The van der Waals surface area contributed by atoms with Crippen molar-refractivity contribution in [3.05, 3.63) is 65.2 Å². The summed E-state index contributed by atoms with van der Waals surface area (Å²) in [6.45, 7) is 5.78. The van der Waals surface area contributed by atoms with E-state index in [0.717, 1.165) is 12.8 Å². The number of halogens is 3. The molecule has 0 spiro atoms. The molecule has 5 unspecified atom stereocenters. The van der Waals surface area contributed by atoms with Gasteiger partial charge in [-0.3, -0.25) is 4.79 Å². The molecule has 3 saturated carbocycles. The molecule has 3 aliphatic carbocycles. The van der Waals surface area contributed by atoms with Crippen LogP contribution in [-0.2, 0) is 30.0 Å². The average molecular weight is 631 g/mol. The zero-order valence-corrected chi connectivity index (χ0v) is 25.6. The van der Waals surface area contributed by atoms with Gasteiger partial charge in [-0.05, 0) is 67.2 Å². The summed E-state index contributed by atoms with van der Waals surface area (Å²) < 4.78 is 67.4. The van der Waals surface area contributed by atoms with E-state index < -0.39 is 62.3 Å². The van der Waals surface area contributed by atoms with E-state index >= 15 is 0 Å². The second-order valence-electron chi connectivity index (χ2n) is 12.7. The molecule has 4 aliphatic rings. The molecule has 2 bridgehead atoms. The topological polar surface area (TPSA) is 109 Å². The minimum Gasteiger partial charge on any atom is -0.496 e. The van der Waals surface area contributed by atoms with Gasteiger partial charge in [0.1, 0.15) is 11.3 Å². The lowest BCUT2D eigenvalue weighted by atomic mass is 9.43. The van der Waals surface area contributed by atoms with E-state index in [4.69, 9.17) is 23.5 Å². The number of para-hydroxylation sites is 1. The highest BCUT2D eigenvalue weighted by atomic mass is 19.4. The third-order valence-corrected chi connectivity index (χ3v) is 9.63. The van der Waals surface area contributed by atoms with E-state index in [1.165, 1.54) is 13.2 Å². The highest BCUT2D eigenvalue weighted by Crippen LogP contribution is 2.65. The maximum atomic E-state index is 13.0. The first-order valence-electron chi connectivity index (χ1n) is 15.0. The fraction of sp³-hybridized carbons (Fsp3) is 0.531. The van der Waals surface area contributed by atoms with Crippen molar-refractivity contribution >= 4 is 25.0 Å². The highest BCUT2D eigenvalue weighted by molar-refractivity contribution is 6.48. The van der Waals surface area contributed by atoms with Crippen LogP contribution < -0.4 is 10.1 Å². The van der Waals surface area contributed by atoms with Crippen LogP contribution in [0.25, 0.3) is 0 Å². The summed E-state index contributed by atoms with van der Waals surface area (Å²) in [5.74, 6) is -2.35. The van der Waals surface area contributed by atoms with Crippen molar-refractivity contribution in [2.45, 2.75) is 76.7 Å². The summed E-state index contributed by atoms with van der Waals surface area (Å²) in [4.78, 5) is 37.9. The minimum atomic E-state index is -4.49. The average Bonchev–Trinajstić information content (AvgIpc) is 3.36. The molecule has 4 fully saturated rings. The van der Waals surface area contributed by atoms with Gasteiger partial charge in [-0.1, -0.05) is 44.2 Å². The molecule has 2 aromatic rings. The molecule has 1 N–H and O–H groups in total. The lowest BCUT2D eigenvalue weighted by Crippen LogP contribution is -2.65. The molecule has 13 heteroatoms. The van der Waals surface area contributed by atoms with Crippen molar-refractivity contribution in [1.29, 1.82) is 0 Å². The van der Waals surface area contributed by atoms with Gasteiger partial charge in [0.25, 0.3) is 0 Å². The summed E-state index contributed by atoms with van der Waals surface area (Å²) in [6, 6.07) is 12.9. The van der Waals surface area contributed by atoms with Crippen LogP contribution in [0.4, 0.5) is 13.2 Å². The molecular weight excluding hydrogens is 594 g/mol. The van der Waals surface area contributed by atoms with E-state index in [-0.39, 0.29) is 35.2 Å². The number of hydrogen-bond donors (Lipinski definition) is 1. The quantitative estimate of drug-likeness (QED) is 0.202. The third-order valence-electron chi connectivity index (χ3n) is 9.63. The number of hydrogen-bond acceptors (Lipinski definition) is 8. The molecule has 1 heterocycles. The Balaban J connectivity index is 1.32. The van der Waals surface area contributed by atoms with Gasteiger partial charge in [-0.15, -0.1) is 0 Å². The van der Waals surface area contributed by atoms with Gasteiger partial charge in [0.05, 0.1) is 36.7 Å². The Morgan fingerprint density at radius 1 is 1.02 bits per heavy atom. The predicted octanol–water partition coefficient (Wildman–Crippen LogP) is 5.30. The SMILES string of the molecule is COc1c(CC(NC(=O)CCC(F)(F)F)B2OC3CC4CC(C4(C)C)C3(C)O2)cccc1C(=O)OCOC(=O)c1ccccc1. The van der Waals surface area contributed by atoms with Crippen molar-refractivity contribution in [3.63, 3.8) is 0 Å². The normalized spacial score (nSPS) is 25.4. The van der Waals surface area contributed by atoms with Gasteiger partial charge in [-0.25, -0.2) is 9.59 Å². The lowest BCUT2D eigenvalue weighted by Gasteiger charge is -2.64. The van der Waals surface area contributed by atoms with Gasteiger partial charge in [-0.2, -0.15) is 13.2 Å². The molecule has 0 radical (unpaired) electrons. The van der Waals surface area contributed by atoms with Gasteiger partial charge in [0.2, 0.25) is 12.7 Å². The number of ether oxygens (including phenoxy) is 3. The van der Waals surface area contributed by atoms with Crippen LogP contribution in [0.2, 0.25) is 0 Å². The summed E-state index contributed by atoms with van der Waals surface area (Å²) in [6.07, 6.45) is -4.93. The number of amides is 1. The van der Waals surface area contributed by atoms with E-state index in [2.05, 4.69) is 19.2 Å². The molecule has 1 amide bonds. The molecular formula is C32H37BF3NO8. The Bertz CT molecular complexity index is 1420. The Kier molecular flexibility index (Phi) is 9.24. The van der Waals surface area contributed by atoms with Gasteiger partial charge < -0.3 is 28.8 Å². The molecule has 1 aliphatic heterocycles. The first-order valence-corrected chi connectivity index (χ1v) is 15.0. The van der Waals surface area contributed by atoms with Gasteiger partial charge in [0, 0.05) is 6.42 Å². The summed E-state index contributed by atoms with van der Waals surface area (Å²) >= 11 is 0. The van der Waals surface area contributed by atoms with Crippen molar-refractivity contribution in [2.24, 2.45) is 17.3 Å². The largest absolute Gasteiger partial charge is 0.496 e. The Labute approximate surface area is 260 Å². The van der Waals surface area contributed by atoms with Crippen LogP contribution in [0.5, 0.6) is 5.75 Å². The van der Waals surface area contributed by atoms with E-state index in [0.29, 0.717) is 17.0 Å². The molecule has 45 heavy (non-hydrogen) atoms. The van der Waals surface area contributed by atoms with Crippen LogP contribution in [0.15, 0.2) is 48.5 Å². The number of benzene rings is 2. The Morgan fingerprint density at radius 3 is 2.40 bits per heavy atom. The van der Waals surface area contributed by atoms with Crippen molar-refractivity contribution in [1.82, 2.24) is 5.32 Å². The Morgan fingerprint density at radius 2 is 1.73 bits per heavy atom. The first kappa shape index (κ1) is 32.8. The molecule has 1 saturated heterocycles. The monoisotopic (exact) mass is 631 g/mol. The van der Waals surface area contributed by atoms with Crippen LogP contribution in [0, 0.1) is 17.3 Å². The van der Waals surface area contributed by atoms with Crippen LogP contribution >= 0.6 is 0 Å². The van der Waals surface area contributed by atoms with Crippen LogP contribution in [-0.4, -0.2) is 62.7 Å². The smallest absolute Gasteiger partial charge is 0.482 e. The predicted molar refractivity (Wildman–Crippen MR) is 156 cm³/mol. The van der Waals surface area contributed by atoms with Crippen LogP contribution in [0.1, 0.15) is 72.7 Å². The van der Waals surface area contributed by atoms with Crippen molar-refractivity contribution < 1.29 is 51.1 Å². The first-order chi connectivity index (χ1) is 21.2.